The average molecular weight is 209 g/mol. The maximum Gasteiger partial charge on any atom is 0.0158 e. The van der Waals surface area contributed by atoms with Crippen molar-refractivity contribution in [3.8, 4) is 0 Å². The Labute approximate surface area is 95.2 Å². The predicted octanol–water partition coefficient (Wildman–Crippen LogP) is 3.69. The van der Waals surface area contributed by atoms with E-state index < -0.39 is 0 Å². The smallest absolute Gasteiger partial charge is 0.0158 e. The summed E-state index contributed by atoms with van der Waals surface area (Å²) in [6, 6.07) is 0.891. The molecule has 88 valence electrons. The molecule has 1 saturated carbocycles. The van der Waals surface area contributed by atoms with Gasteiger partial charge >= 0.3 is 0 Å². The third-order valence-corrected chi connectivity index (χ3v) is 4.85. The van der Waals surface area contributed by atoms with Gasteiger partial charge in [0.1, 0.15) is 0 Å². The molecule has 2 rings (SSSR count). The van der Waals surface area contributed by atoms with Crippen LogP contribution in [0, 0.1) is 11.8 Å². The number of hydrogen-bond donors (Lipinski definition) is 0. The van der Waals surface area contributed by atoms with Crippen LogP contribution in [-0.4, -0.2) is 23.0 Å². The topological polar surface area (TPSA) is 3.24 Å². The maximum atomic E-state index is 2.79. The monoisotopic (exact) mass is 209 g/mol. The zero-order valence-electron chi connectivity index (χ0n) is 10.9. The molecule has 0 bridgehead atoms. The molecule has 0 N–H and O–H groups in total. The Kier molecular flexibility index (Phi) is 3.12. The summed E-state index contributed by atoms with van der Waals surface area (Å²) in [4.78, 5) is 2.79. The Morgan fingerprint density at radius 2 is 1.87 bits per heavy atom. The number of piperidine rings is 1. The molecule has 1 nitrogen and oxygen atoms in total. The minimum atomic E-state index is 0.437. The van der Waals surface area contributed by atoms with E-state index in [0.29, 0.717) is 5.54 Å². The Morgan fingerprint density at radius 1 is 1.20 bits per heavy atom. The summed E-state index contributed by atoms with van der Waals surface area (Å²) in [7, 11) is 0. The standard InChI is InChI=1S/C14H27N/c1-5-15-13-9-7-6-8-12(13)11(2)10-14(15,3)4/h11-13H,5-10H2,1-4H3. The number of likely N-dealkylation sites (tertiary alicyclic amines) is 1. The molecule has 2 fully saturated rings. The Hall–Kier alpha value is -0.0400. The van der Waals surface area contributed by atoms with Crippen LogP contribution >= 0.6 is 0 Å². The fraction of sp³-hybridized carbons (Fsp3) is 1.00. The van der Waals surface area contributed by atoms with Gasteiger partial charge in [0, 0.05) is 11.6 Å². The third kappa shape index (κ3) is 1.95. The lowest BCUT2D eigenvalue weighted by Gasteiger charge is -2.55. The minimum Gasteiger partial charge on any atom is -0.295 e. The summed E-state index contributed by atoms with van der Waals surface area (Å²) in [6.07, 6.45) is 7.26. The molecule has 0 aromatic heterocycles. The van der Waals surface area contributed by atoms with Gasteiger partial charge in [-0.3, -0.25) is 4.90 Å². The van der Waals surface area contributed by atoms with Crippen LogP contribution in [0.25, 0.3) is 0 Å². The molecule has 0 radical (unpaired) electrons. The lowest BCUT2D eigenvalue weighted by atomic mass is 9.67. The highest BCUT2D eigenvalue weighted by atomic mass is 15.2. The first-order valence-electron chi connectivity index (χ1n) is 6.83. The van der Waals surface area contributed by atoms with Gasteiger partial charge in [0.15, 0.2) is 0 Å². The molecule has 1 aliphatic carbocycles. The second kappa shape index (κ2) is 4.08. The molecule has 0 aromatic rings. The van der Waals surface area contributed by atoms with Gasteiger partial charge in [-0.2, -0.15) is 0 Å². The molecule has 3 atom stereocenters. The van der Waals surface area contributed by atoms with E-state index in [1.807, 2.05) is 0 Å². The van der Waals surface area contributed by atoms with E-state index >= 15 is 0 Å². The van der Waals surface area contributed by atoms with Crippen LogP contribution in [0.15, 0.2) is 0 Å². The average Bonchev–Trinajstić information content (AvgIpc) is 2.17. The SMILES string of the molecule is CCN1C2CCCCC2C(C)CC1(C)C. The van der Waals surface area contributed by atoms with E-state index in [1.54, 1.807) is 0 Å². The number of rotatable bonds is 1. The maximum absolute atomic E-state index is 2.79. The first kappa shape index (κ1) is 11.4. The van der Waals surface area contributed by atoms with Crippen LogP contribution in [0.5, 0.6) is 0 Å². The Balaban J connectivity index is 2.20. The summed E-state index contributed by atoms with van der Waals surface area (Å²) in [5, 5.41) is 0. The molecule has 15 heavy (non-hydrogen) atoms. The van der Waals surface area contributed by atoms with Crippen molar-refractivity contribution in [2.24, 2.45) is 11.8 Å². The van der Waals surface area contributed by atoms with Crippen molar-refractivity contribution in [2.75, 3.05) is 6.54 Å². The van der Waals surface area contributed by atoms with Crippen molar-refractivity contribution in [1.29, 1.82) is 0 Å². The van der Waals surface area contributed by atoms with Crippen molar-refractivity contribution in [2.45, 2.75) is 71.4 Å². The first-order valence-corrected chi connectivity index (χ1v) is 6.83. The molecule has 1 aliphatic heterocycles. The Morgan fingerprint density at radius 3 is 2.53 bits per heavy atom. The molecule has 0 aromatic carbocycles. The van der Waals surface area contributed by atoms with Gasteiger partial charge in [-0.25, -0.2) is 0 Å². The van der Waals surface area contributed by atoms with Gasteiger partial charge in [0.2, 0.25) is 0 Å². The largest absolute Gasteiger partial charge is 0.295 e. The van der Waals surface area contributed by atoms with E-state index in [1.165, 1.54) is 38.6 Å². The third-order valence-electron chi connectivity index (χ3n) is 4.85. The number of hydrogen-bond acceptors (Lipinski definition) is 1. The van der Waals surface area contributed by atoms with Crippen LogP contribution in [-0.2, 0) is 0 Å². The summed E-state index contributed by atoms with van der Waals surface area (Å²) in [5.41, 5.74) is 0.437. The molecule has 1 heterocycles. The predicted molar refractivity (Wildman–Crippen MR) is 66.0 cm³/mol. The summed E-state index contributed by atoms with van der Waals surface area (Å²) in [6.45, 7) is 10.9. The summed E-state index contributed by atoms with van der Waals surface area (Å²) in [5.74, 6) is 1.93. The van der Waals surface area contributed by atoms with Crippen LogP contribution in [0.1, 0.15) is 59.8 Å². The van der Waals surface area contributed by atoms with Gasteiger partial charge in [-0.15, -0.1) is 0 Å². The molecule has 1 saturated heterocycles. The highest BCUT2D eigenvalue weighted by molar-refractivity contribution is 4.99. The molecule has 1 heteroatoms. The fourth-order valence-corrected chi connectivity index (χ4v) is 4.36. The summed E-state index contributed by atoms with van der Waals surface area (Å²) < 4.78 is 0. The molecule has 3 unspecified atom stereocenters. The van der Waals surface area contributed by atoms with Crippen molar-refractivity contribution in [3.63, 3.8) is 0 Å². The lowest BCUT2D eigenvalue weighted by Crippen LogP contribution is -2.59. The van der Waals surface area contributed by atoms with Gasteiger partial charge < -0.3 is 0 Å². The van der Waals surface area contributed by atoms with Gasteiger partial charge in [-0.05, 0) is 51.5 Å². The van der Waals surface area contributed by atoms with E-state index in [-0.39, 0.29) is 0 Å². The van der Waals surface area contributed by atoms with Crippen LogP contribution in [0.3, 0.4) is 0 Å². The molecular formula is C14H27N. The minimum absolute atomic E-state index is 0.437. The van der Waals surface area contributed by atoms with Crippen LogP contribution in [0.4, 0.5) is 0 Å². The molecule has 0 amide bonds. The lowest BCUT2D eigenvalue weighted by molar-refractivity contribution is -0.0548. The highest BCUT2D eigenvalue weighted by Crippen LogP contribution is 2.44. The number of fused-ring (bicyclic) bond motifs is 1. The second-order valence-electron chi connectivity index (χ2n) is 6.30. The van der Waals surface area contributed by atoms with E-state index in [0.717, 1.165) is 17.9 Å². The fourth-order valence-electron chi connectivity index (χ4n) is 4.36. The van der Waals surface area contributed by atoms with Gasteiger partial charge in [0.25, 0.3) is 0 Å². The first-order chi connectivity index (χ1) is 7.06. The van der Waals surface area contributed by atoms with Gasteiger partial charge in [-0.1, -0.05) is 26.7 Å². The van der Waals surface area contributed by atoms with Crippen molar-refractivity contribution < 1.29 is 0 Å². The van der Waals surface area contributed by atoms with E-state index in [4.69, 9.17) is 0 Å². The van der Waals surface area contributed by atoms with E-state index in [2.05, 4.69) is 32.6 Å². The molecular weight excluding hydrogens is 182 g/mol. The van der Waals surface area contributed by atoms with Crippen molar-refractivity contribution in [3.05, 3.63) is 0 Å². The quantitative estimate of drug-likeness (QED) is 0.636. The summed E-state index contributed by atoms with van der Waals surface area (Å²) >= 11 is 0. The van der Waals surface area contributed by atoms with Crippen molar-refractivity contribution >= 4 is 0 Å². The zero-order valence-corrected chi connectivity index (χ0v) is 10.9. The zero-order chi connectivity index (χ0) is 11.1. The van der Waals surface area contributed by atoms with Gasteiger partial charge in [0.05, 0.1) is 0 Å². The van der Waals surface area contributed by atoms with Crippen LogP contribution < -0.4 is 0 Å². The second-order valence-corrected chi connectivity index (χ2v) is 6.30. The molecule has 2 aliphatic rings. The molecule has 0 spiro atoms. The van der Waals surface area contributed by atoms with Crippen molar-refractivity contribution in [1.82, 2.24) is 4.90 Å². The number of nitrogens with zero attached hydrogens (tertiary/aromatic N) is 1. The highest BCUT2D eigenvalue weighted by Gasteiger charge is 2.44. The Bertz CT molecular complexity index is 221. The van der Waals surface area contributed by atoms with E-state index in [9.17, 15) is 0 Å². The van der Waals surface area contributed by atoms with Crippen LogP contribution in [0.2, 0.25) is 0 Å². The normalized spacial score (nSPS) is 41.2.